The molecule has 100 valence electrons. The van der Waals surface area contributed by atoms with Crippen LogP contribution in [0.25, 0.3) is 10.8 Å². The lowest BCUT2D eigenvalue weighted by Gasteiger charge is -2.16. The monoisotopic (exact) mass is 264 g/mol. The highest BCUT2D eigenvalue weighted by molar-refractivity contribution is 5.82. The summed E-state index contributed by atoms with van der Waals surface area (Å²) in [5.41, 5.74) is -0.0649. The third-order valence-electron chi connectivity index (χ3n) is 2.77. The normalized spacial score (nSPS) is 14.1. The van der Waals surface area contributed by atoms with E-state index in [-0.39, 0.29) is 11.1 Å². The van der Waals surface area contributed by atoms with Gasteiger partial charge in [0.2, 0.25) is 0 Å². The molecule has 0 radical (unpaired) electrons. The Kier molecular flexibility index (Phi) is 3.59. The summed E-state index contributed by atoms with van der Waals surface area (Å²) in [7, 11) is 1.11. The quantitative estimate of drug-likeness (QED) is 0.644. The second-order valence-corrected chi connectivity index (χ2v) is 3.96. The lowest BCUT2D eigenvalue weighted by atomic mass is 10.0. The van der Waals surface area contributed by atoms with Crippen LogP contribution in [0.3, 0.4) is 0 Å². The Hall–Kier alpha value is -2.25. The van der Waals surface area contributed by atoms with Gasteiger partial charge in [0.05, 0.1) is 18.7 Å². The molecule has 2 rings (SSSR count). The topological polar surface area (TPSA) is 113 Å². The fourth-order valence-electron chi connectivity index (χ4n) is 1.73. The Balaban J connectivity index is 2.41. The fraction of sp³-hybridized carbons (Fsp3) is 0.250. The van der Waals surface area contributed by atoms with E-state index in [1.165, 1.54) is 24.4 Å². The molecule has 0 aliphatic carbocycles. The number of hydrogen-bond donors (Lipinski definition) is 3. The van der Waals surface area contributed by atoms with E-state index in [9.17, 15) is 19.8 Å². The van der Waals surface area contributed by atoms with Gasteiger partial charge >= 0.3 is 5.97 Å². The maximum absolute atomic E-state index is 11.4. The van der Waals surface area contributed by atoms with E-state index in [1.807, 2.05) is 0 Å². The van der Waals surface area contributed by atoms with E-state index < -0.39 is 18.2 Å². The van der Waals surface area contributed by atoms with Gasteiger partial charge in [-0.25, -0.2) is 9.89 Å². The van der Waals surface area contributed by atoms with Crippen molar-refractivity contribution in [1.29, 1.82) is 0 Å². The number of aromatic nitrogens is 2. The fourth-order valence-corrected chi connectivity index (χ4v) is 1.73. The van der Waals surface area contributed by atoms with Gasteiger partial charge in [-0.15, -0.1) is 0 Å². The minimum atomic E-state index is -1.68. The first-order chi connectivity index (χ1) is 9.04. The number of nitrogens with zero attached hydrogens (tertiary/aromatic N) is 1. The summed E-state index contributed by atoms with van der Waals surface area (Å²) in [5, 5.41) is 26.2. The van der Waals surface area contributed by atoms with E-state index in [4.69, 9.17) is 0 Å². The Bertz CT molecular complexity index is 666. The second-order valence-electron chi connectivity index (χ2n) is 3.96. The van der Waals surface area contributed by atoms with Crippen LogP contribution in [0.1, 0.15) is 11.7 Å². The third kappa shape index (κ3) is 2.47. The van der Waals surface area contributed by atoms with Crippen molar-refractivity contribution < 1.29 is 19.7 Å². The van der Waals surface area contributed by atoms with Crippen LogP contribution in [0.5, 0.6) is 0 Å². The molecule has 1 aromatic heterocycles. The number of carbonyl (C=O) groups is 1. The predicted octanol–water partition coefficient (Wildman–Crippen LogP) is -0.510. The smallest absolute Gasteiger partial charge is 0.337 e. The molecule has 0 fully saturated rings. The highest BCUT2D eigenvalue weighted by Gasteiger charge is 2.26. The van der Waals surface area contributed by atoms with Crippen molar-refractivity contribution >= 4 is 16.7 Å². The van der Waals surface area contributed by atoms with Crippen molar-refractivity contribution in [1.82, 2.24) is 10.2 Å². The molecular formula is C12H12N2O5. The summed E-state index contributed by atoms with van der Waals surface area (Å²) in [6.45, 7) is 0. The number of H-pyrrole nitrogens is 1. The van der Waals surface area contributed by atoms with E-state index in [0.29, 0.717) is 10.8 Å². The molecule has 0 aliphatic rings. The zero-order valence-electron chi connectivity index (χ0n) is 10.0. The molecule has 0 spiro atoms. The number of esters is 1. The number of benzene rings is 1. The summed E-state index contributed by atoms with van der Waals surface area (Å²) in [4.78, 5) is 22.6. The molecule has 1 heterocycles. The van der Waals surface area contributed by atoms with Gasteiger partial charge < -0.3 is 14.9 Å². The standard InChI is InChI=1S/C12H12N2O5/c1-19-12(18)10(16)9(15)6-2-3-8-7(4-6)5-13-14-11(8)17/h2-5,9-10,15-16H,1H3,(H,14,17). The molecular weight excluding hydrogens is 252 g/mol. The number of aliphatic hydroxyl groups is 2. The van der Waals surface area contributed by atoms with Gasteiger partial charge in [-0.05, 0) is 17.7 Å². The van der Waals surface area contributed by atoms with E-state index in [0.717, 1.165) is 7.11 Å². The van der Waals surface area contributed by atoms with Crippen LogP contribution in [0.2, 0.25) is 0 Å². The molecule has 7 heteroatoms. The molecule has 1 aromatic carbocycles. The van der Waals surface area contributed by atoms with Crippen LogP contribution >= 0.6 is 0 Å². The molecule has 3 N–H and O–H groups in total. The molecule has 19 heavy (non-hydrogen) atoms. The molecule has 0 saturated heterocycles. The van der Waals surface area contributed by atoms with Gasteiger partial charge in [-0.3, -0.25) is 4.79 Å². The van der Waals surface area contributed by atoms with Crippen molar-refractivity contribution in [2.75, 3.05) is 7.11 Å². The number of methoxy groups -OCH3 is 1. The van der Waals surface area contributed by atoms with Crippen LogP contribution in [-0.4, -0.2) is 39.6 Å². The Morgan fingerprint density at radius 3 is 2.84 bits per heavy atom. The van der Waals surface area contributed by atoms with Crippen molar-refractivity contribution in [3.05, 3.63) is 40.3 Å². The van der Waals surface area contributed by atoms with Crippen LogP contribution in [-0.2, 0) is 9.53 Å². The highest BCUT2D eigenvalue weighted by atomic mass is 16.5. The van der Waals surface area contributed by atoms with Gasteiger partial charge in [0.25, 0.3) is 5.56 Å². The van der Waals surface area contributed by atoms with Crippen LogP contribution in [0, 0.1) is 0 Å². The molecule has 2 unspecified atom stereocenters. The summed E-state index contributed by atoms with van der Waals surface area (Å²) in [6, 6.07) is 4.42. The van der Waals surface area contributed by atoms with Crippen molar-refractivity contribution in [3.63, 3.8) is 0 Å². The van der Waals surface area contributed by atoms with Gasteiger partial charge in [-0.2, -0.15) is 5.10 Å². The summed E-state index contributed by atoms with van der Waals surface area (Å²) >= 11 is 0. The predicted molar refractivity (Wildman–Crippen MR) is 65.3 cm³/mol. The summed E-state index contributed by atoms with van der Waals surface area (Å²) in [5.74, 6) is -0.934. The van der Waals surface area contributed by atoms with Gasteiger partial charge in [0.15, 0.2) is 6.10 Å². The average Bonchev–Trinajstić information content (AvgIpc) is 2.44. The molecule has 0 bridgehead atoms. The molecule has 7 nitrogen and oxygen atoms in total. The minimum absolute atomic E-state index is 0.290. The third-order valence-corrected chi connectivity index (χ3v) is 2.77. The summed E-state index contributed by atoms with van der Waals surface area (Å²) < 4.78 is 4.34. The van der Waals surface area contributed by atoms with Gasteiger partial charge in [-0.1, -0.05) is 6.07 Å². The van der Waals surface area contributed by atoms with E-state index in [2.05, 4.69) is 14.9 Å². The first-order valence-corrected chi connectivity index (χ1v) is 5.46. The Morgan fingerprint density at radius 2 is 2.16 bits per heavy atom. The molecule has 2 aromatic rings. The Morgan fingerprint density at radius 1 is 1.42 bits per heavy atom. The van der Waals surface area contributed by atoms with Gasteiger partial charge in [0, 0.05) is 5.39 Å². The maximum Gasteiger partial charge on any atom is 0.337 e. The first kappa shape index (κ1) is 13.2. The zero-order valence-corrected chi connectivity index (χ0v) is 10.0. The largest absolute Gasteiger partial charge is 0.467 e. The van der Waals surface area contributed by atoms with E-state index >= 15 is 0 Å². The van der Waals surface area contributed by atoms with E-state index in [1.54, 1.807) is 0 Å². The maximum atomic E-state index is 11.4. The first-order valence-electron chi connectivity index (χ1n) is 5.46. The SMILES string of the molecule is COC(=O)C(O)C(O)c1ccc2c(=O)[nH]ncc2c1. The number of ether oxygens (including phenoxy) is 1. The Labute approximate surface area is 107 Å². The van der Waals surface area contributed by atoms with Crippen LogP contribution in [0.15, 0.2) is 29.2 Å². The average molecular weight is 264 g/mol. The number of nitrogens with one attached hydrogen (secondary N) is 1. The van der Waals surface area contributed by atoms with Crippen LogP contribution < -0.4 is 5.56 Å². The number of fused-ring (bicyclic) bond motifs is 1. The molecule has 0 saturated carbocycles. The number of carbonyl (C=O) groups excluding carboxylic acids is 1. The lowest BCUT2D eigenvalue weighted by molar-refractivity contribution is -0.156. The van der Waals surface area contributed by atoms with Crippen molar-refractivity contribution in [2.45, 2.75) is 12.2 Å². The number of rotatable bonds is 3. The van der Waals surface area contributed by atoms with Crippen LogP contribution in [0.4, 0.5) is 0 Å². The molecule has 0 aliphatic heterocycles. The molecule has 2 atom stereocenters. The van der Waals surface area contributed by atoms with Crippen molar-refractivity contribution in [2.24, 2.45) is 0 Å². The lowest BCUT2D eigenvalue weighted by Crippen LogP contribution is -2.29. The zero-order chi connectivity index (χ0) is 14.0. The highest BCUT2D eigenvalue weighted by Crippen LogP contribution is 2.21. The van der Waals surface area contributed by atoms with Gasteiger partial charge in [0.1, 0.15) is 6.10 Å². The second kappa shape index (κ2) is 5.17. The molecule has 0 amide bonds. The minimum Gasteiger partial charge on any atom is -0.467 e. The summed E-state index contributed by atoms with van der Waals surface area (Å²) in [6.07, 6.45) is -1.70. The number of aliphatic hydroxyl groups excluding tert-OH is 2. The number of hydrogen-bond acceptors (Lipinski definition) is 6. The number of aromatic amines is 1. The van der Waals surface area contributed by atoms with Crippen molar-refractivity contribution in [3.8, 4) is 0 Å².